The average Bonchev–Trinajstić information content (AvgIpc) is 3.44. The number of halogens is 1. The fourth-order valence-electron chi connectivity index (χ4n) is 5.62. The molecule has 3 amide bonds. The fourth-order valence-corrected chi connectivity index (χ4v) is 5.62. The zero-order chi connectivity index (χ0) is 26.1. The second kappa shape index (κ2) is 10.3. The molecule has 2 aromatic rings. The van der Waals surface area contributed by atoms with Gasteiger partial charge in [0.15, 0.2) is 5.69 Å². The first-order valence-corrected chi connectivity index (χ1v) is 12.8. The van der Waals surface area contributed by atoms with Crippen molar-refractivity contribution in [1.82, 2.24) is 25.1 Å². The van der Waals surface area contributed by atoms with E-state index in [1.807, 2.05) is 0 Å². The molecule has 2 fully saturated rings. The quantitative estimate of drug-likeness (QED) is 0.534. The maximum absolute atomic E-state index is 13.2. The molecule has 1 aliphatic carbocycles. The number of fused-ring (bicyclic) bond motifs is 2. The van der Waals surface area contributed by atoms with Gasteiger partial charge in [-0.25, -0.2) is 9.37 Å². The summed E-state index contributed by atoms with van der Waals surface area (Å²) >= 11 is 0. The number of aromatic nitrogens is 2. The highest BCUT2D eigenvalue weighted by atomic mass is 19.1. The molecule has 1 atom stereocenters. The largest absolute Gasteiger partial charge is 0.501 e. The number of aromatic hydroxyl groups is 1. The molecule has 37 heavy (non-hydrogen) atoms. The molecule has 196 valence electrons. The Morgan fingerprint density at radius 3 is 2.41 bits per heavy atom. The Bertz CT molecular complexity index is 1260. The number of likely N-dealkylation sites (tertiary alicyclic amines) is 1. The first-order chi connectivity index (χ1) is 17.8. The third kappa shape index (κ3) is 5.07. The van der Waals surface area contributed by atoms with Crippen molar-refractivity contribution in [2.45, 2.75) is 57.7 Å². The lowest BCUT2D eigenvalue weighted by atomic mass is 9.76. The van der Waals surface area contributed by atoms with Crippen LogP contribution in [0.3, 0.4) is 0 Å². The van der Waals surface area contributed by atoms with Crippen LogP contribution >= 0.6 is 0 Å². The molecule has 10 nitrogen and oxygen atoms in total. The Balaban J connectivity index is 1.46. The number of hydrogen-bond acceptors (Lipinski definition) is 6. The summed E-state index contributed by atoms with van der Waals surface area (Å²) in [7, 11) is 0. The Morgan fingerprint density at radius 1 is 1.05 bits per heavy atom. The van der Waals surface area contributed by atoms with Crippen LogP contribution in [0.2, 0.25) is 0 Å². The third-order valence-electron chi connectivity index (χ3n) is 7.71. The summed E-state index contributed by atoms with van der Waals surface area (Å²) in [6.45, 7) is 1.41. The van der Waals surface area contributed by atoms with Crippen molar-refractivity contribution in [3.8, 4) is 5.75 Å². The van der Waals surface area contributed by atoms with Gasteiger partial charge in [0.05, 0.1) is 6.04 Å². The molecular formula is C26H30FN5O5. The van der Waals surface area contributed by atoms with Crippen LogP contribution in [0.1, 0.15) is 66.4 Å². The first-order valence-electron chi connectivity index (χ1n) is 12.8. The molecule has 6 rings (SSSR count). The predicted molar refractivity (Wildman–Crippen MR) is 130 cm³/mol. The summed E-state index contributed by atoms with van der Waals surface area (Å²) in [6, 6.07) is 4.80. The number of hydrogen-bond donors (Lipinski definition) is 3. The van der Waals surface area contributed by atoms with E-state index < -0.39 is 46.6 Å². The van der Waals surface area contributed by atoms with Gasteiger partial charge in [-0.05, 0) is 68.1 Å². The van der Waals surface area contributed by atoms with Gasteiger partial charge in [-0.1, -0.05) is 12.1 Å². The van der Waals surface area contributed by atoms with E-state index in [1.54, 1.807) is 0 Å². The molecule has 1 aromatic carbocycles. The van der Waals surface area contributed by atoms with Gasteiger partial charge in [-0.2, -0.15) is 0 Å². The minimum Gasteiger partial charge on any atom is -0.501 e. The molecule has 0 radical (unpaired) electrons. The first kappa shape index (κ1) is 24.9. The number of nitrogens with zero attached hydrogens (tertiary/aromatic N) is 3. The Kier molecular flexibility index (Phi) is 6.94. The second-order valence-corrected chi connectivity index (χ2v) is 10.1. The van der Waals surface area contributed by atoms with E-state index in [0.717, 1.165) is 38.5 Å². The van der Waals surface area contributed by atoms with Gasteiger partial charge in [-0.3, -0.25) is 23.7 Å². The van der Waals surface area contributed by atoms with Crippen molar-refractivity contribution in [2.75, 3.05) is 13.1 Å². The molecule has 1 saturated heterocycles. The van der Waals surface area contributed by atoms with Crippen molar-refractivity contribution in [1.29, 1.82) is 0 Å². The van der Waals surface area contributed by atoms with Crippen molar-refractivity contribution < 1.29 is 23.9 Å². The van der Waals surface area contributed by atoms with E-state index in [2.05, 4.69) is 15.6 Å². The lowest BCUT2D eigenvalue weighted by molar-refractivity contribution is -0.145. The fraction of sp³-hybridized carbons (Fsp3) is 0.500. The van der Waals surface area contributed by atoms with Gasteiger partial charge >= 0.3 is 11.8 Å². The number of carbonyl (C=O) groups excluding carboxylic acids is 3. The molecule has 1 unspecified atom stereocenters. The molecule has 4 heterocycles. The molecule has 4 aliphatic rings. The van der Waals surface area contributed by atoms with Gasteiger partial charge in [-0.15, -0.1) is 0 Å². The zero-order valence-electron chi connectivity index (χ0n) is 20.4. The number of benzene rings is 1. The summed E-state index contributed by atoms with van der Waals surface area (Å²) in [5.41, 5.74) is -0.574. The highest BCUT2D eigenvalue weighted by molar-refractivity contribution is 6.35. The lowest BCUT2D eigenvalue weighted by Gasteiger charge is -2.38. The molecule has 1 aromatic heterocycles. The molecule has 2 bridgehead atoms. The van der Waals surface area contributed by atoms with Gasteiger partial charge in [0, 0.05) is 26.2 Å². The molecule has 3 aliphatic heterocycles. The number of carbonyl (C=O) groups is 3. The minimum atomic E-state index is -0.771. The van der Waals surface area contributed by atoms with E-state index in [1.165, 1.54) is 33.7 Å². The lowest BCUT2D eigenvalue weighted by Crippen LogP contribution is -2.48. The minimum absolute atomic E-state index is 0.0356. The number of amides is 3. The topological polar surface area (TPSA) is 134 Å². The van der Waals surface area contributed by atoms with Crippen molar-refractivity contribution in [2.24, 2.45) is 11.8 Å². The third-order valence-corrected chi connectivity index (χ3v) is 7.71. The predicted octanol–water partition coefficient (Wildman–Crippen LogP) is 1.62. The van der Waals surface area contributed by atoms with E-state index in [0.29, 0.717) is 25.2 Å². The van der Waals surface area contributed by atoms with Crippen LogP contribution in [-0.4, -0.2) is 50.4 Å². The average molecular weight is 512 g/mol. The highest BCUT2D eigenvalue weighted by Gasteiger charge is 2.39. The van der Waals surface area contributed by atoms with Crippen molar-refractivity contribution in [3.05, 3.63) is 57.5 Å². The van der Waals surface area contributed by atoms with Crippen LogP contribution in [0.5, 0.6) is 5.75 Å². The number of nitrogens with one attached hydrogen (secondary N) is 2. The monoisotopic (exact) mass is 511 g/mol. The Hall–Kier alpha value is -3.76. The maximum Gasteiger partial charge on any atom is 0.311 e. The van der Waals surface area contributed by atoms with Crippen LogP contribution in [0.25, 0.3) is 0 Å². The molecular weight excluding hydrogens is 481 g/mol. The van der Waals surface area contributed by atoms with Crippen LogP contribution < -0.4 is 16.2 Å². The van der Waals surface area contributed by atoms with Gasteiger partial charge in [0.1, 0.15) is 11.6 Å². The molecule has 3 N–H and O–H groups in total. The van der Waals surface area contributed by atoms with Crippen molar-refractivity contribution >= 4 is 17.7 Å². The molecule has 11 heteroatoms. The van der Waals surface area contributed by atoms with Gasteiger partial charge < -0.3 is 20.6 Å². The summed E-state index contributed by atoms with van der Waals surface area (Å²) < 4.78 is 14.5. The van der Waals surface area contributed by atoms with Crippen LogP contribution in [0.15, 0.2) is 29.1 Å². The summed E-state index contributed by atoms with van der Waals surface area (Å²) in [6.07, 6.45) is 4.98. The Labute approximate surface area is 212 Å². The standard InChI is InChI=1S/C26H30FN5O5/c27-18-9-5-15(6-10-18)13-28-23(34)20-21(33)25(36)32-14-16-3-7-17(8-4-16)19(22(32)29-20)30-24(35)26(37)31-11-1-2-12-31/h5-6,9-10,16-17,19,33H,1-4,7-8,11-14H2,(H,28,34)(H,30,35). The van der Waals surface area contributed by atoms with Gasteiger partial charge in [0.2, 0.25) is 5.75 Å². The van der Waals surface area contributed by atoms with E-state index >= 15 is 0 Å². The van der Waals surface area contributed by atoms with Crippen LogP contribution in [-0.2, 0) is 22.7 Å². The van der Waals surface area contributed by atoms with Gasteiger partial charge in [0.25, 0.3) is 11.5 Å². The van der Waals surface area contributed by atoms with Crippen LogP contribution in [0, 0.1) is 17.7 Å². The maximum atomic E-state index is 13.2. The van der Waals surface area contributed by atoms with Crippen LogP contribution in [0.4, 0.5) is 4.39 Å². The van der Waals surface area contributed by atoms with E-state index in [-0.39, 0.29) is 24.2 Å². The van der Waals surface area contributed by atoms with E-state index in [9.17, 15) is 28.7 Å². The summed E-state index contributed by atoms with van der Waals surface area (Å²) in [5, 5.41) is 16.1. The highest BCUT2D eigenvalue weighted by Crippen LogP contribution is 2.40. The smallest absolute Gasteiger partial charge is 0.311 e. The molecule has 0 spiro atoms. The second-order valence-electron chi connectivity index (χ2n) is 10.1. The zero-order valence-corrected chi connectivity index (χ0v) is 20.4. The summed E-state index contributed by atoms with van der Waals surface area (Å²) in [5.74, 6) is -2.99. The number of rotatable bonds is 4. The SMILES string of the molecule is O=C(NC1c2nc(C(=O)NCc3ccc(F)cc3)c(O)c(=O)n2CC2CCC1CC2)C(=O)N1CCCC1. The Morgan fingerprint density at radius 2 is 1.73 bits per heavy atom. The summed E-state index contributed by atoms with van der Waals surface area (Å²) in [4.78, 5) is 57.8. The van der Waals surface area contributed by atoms with Crippen molar-refractivity contribution in [3.63, 3.8) is 0 Å². The van der Waals surface area contributed by atoms with E-state index in [4.69, 9.17) is 0 Å². The normalized spacial score (nSPS) is 22.6. The molecule has 1 saturated carbocycles.